The van der Waals surface area contributed by atoms with Crippen molar-refractivity contribution < 1.29 is 4.58 Å². The standard InChI is InChI=1S/C16H19N3S/c1-18(2)11-5-7-13-15(9-11)20-16-10-12(19(3)4)6-8-14(16)17-13/h5,7-10H,6H2,1-4H3/q+2. The number of rotatable bonds is 0. The Morgan fingerprint density at radius 1 is 1.10 bits per heavy atom. The lowest BCUT2D eigenvalue weighted by Gasteiger charge is -2.06. The summed E-state index contributed by atoms with van der Waals surface area (Å²) in [6.07, 6.45) is 5.44. The molecule has 0 aromatic carbocycles. The minimum Gasteiger partial charge on any atom is -0.246 e. The van der Waals surface area contributed by atoms with Gasteiger partial charge in [0.2, 0.25) is 5.36 Å². The summed E-state index contributed by atoms with van der Waals surface area (Å²) in [6.45, 7) is 0. The van der Waals surface area contributed by atoms with Crippen LogP contribution in [0, 0.1) is 0 Å². The second-order valence-corrected chi connectivity index (χ2v) is 6.53. The van der Waals surface area contributed by atoms with Gasteiger partial charge in [-0.2, -0.15) is 0 Å². The van der Waals surface area contributed by atoms with Crippen LogP contribution in [0.1, 0.15) is 6.42 Å². The van der Waals surface area contributed by atoms with Crippen LogP contribution < -0.4 is 19.8 Å². The van der Waals surface area contributed by atoms with Crippen LogP contribution in [0.25, 0.3) is 22.7 Å². The molecule has 0 atom stereocenters. The number of nitrogens with zero attached hydrogens (tertiary/aromatic N) is 3. The summed E-state index contributed by atoms with van der Waals surface area (Å²) in [7, 11) is 8.31. The van der Waals surface area contributed by atoms with Crippen LogP contribution in [0.4, 0.5) is 0 Å². The highest BCUT2D eigenvalue weighted by Gasteiger charge is 2.12. The van der Waals surface area contributed by atoms with Gasteiger partial charge >= 0.3 is 0 Å². The molecule has 0 fully saturated rings. The van der Waals surface area contributed by atoms with E-state index >= 15 is 0 Å². The van der Waals surface area contributed by atoms with Gasteiger partial charge in [0.1, 0.15) is 28.2 Å². The molecule has 4 heteroatoms. The fourth-order valence-electron chi connectivity index (χ4n) is 2.28. The zero-order valence-electron chi connectivity index (χ0n) is 12.3. The van der Waals surface area contributed by atoms with Crippen LogP contribution in [0.2, 0.25) is 0 Å². The average Bonchev–Trinajstić information content (AvgIpc) is 2.43. The predicted octanol–water partition coefficient (Wildman–Crippen LogP) is -0.0425. The highest BCUT2D eigenvalue weighted by atomic mass is 32.1. The van der Waals surface area contributed by atoms with E-state index in [2.05, 4.69) is 67.7 Å². The van der Waals surface area contributed by atoms with E-state index in [-0.39, 0.29) is 0 Å². The lowest BCUT2D eigenvalue weighted by Crippen LogP contribution is -2.33. The van der Waals surface area contributed by atoms with E-state index < -0.39 is 0 Å². The molecule has 0 aromatic heterocycles. The molecular formula is C16H19N3S+2. The summed E-state index contributed by atoms with van der Waals surface area (Å²) >= 11 is 1.82. The summed E-state index contributed by atoms with van der Waals surface area (Å²) in [4.78, 5) is 6.02. The van der Waals surface area contributed by atoms with Crippen molar-refractivity contribution in [1.29, 1.82) is 0 Å². The van der Waals surface area contributed by atoms with Gasteiger partial charge in [-0.1, -0.05) is 0 Å². The van der Waals surface area contributed by atoms with E-state index in [0.29, 0.717) is 0 Å². The molecule has 0 spiro atoms. The van der Waals surface area contributed by atoms with Crippen LogP contribution in [0.15, 0.2) is 18.2 Å². The maximum Gasteiger partial charge on any atom is 0.201 e. The first-order valence-electron chi connectivity index (χ1n) is 6.71. The molecule has 3 aliphatic rings. The zero-order valence-corrected chi connectivity index (χ0v) is 13.2. The Hall–Kier alpha value is -1.81. The van der Waals surface area contributed by atoms with E-state index in [1.165, 1.54) is 20.5 Å². The Labute approximate surface area is 122 Å². The van der Waals surface area contributed by atoms with Crippen LogP contribution in [-0.2, 0) is 0 Å². The molecule has 0 radical (unpaired) electrons. The van der Waals surface area contributed by atoms with Crippen molar-refractivity contribution >= 4 is 29.2 Å². The van der Waals surface area contributed by atoms with E-state index in [4.69, 9.17) is 4.98 Å². The Balaban J connectivity index is 2.36. The maximum atomic E-state index is 4.78. The Morgan fingerprint density at radius 3 is 2.60 bits per heavy atom. The quantitative estimate of drug-likeness (QED) is 0.622. The van der Waals surface area contributed by atoms with E-state index in [9.17, 15) is 0 Å². The van der Waals surface area contributed by atoms with Crippen molar-refractivity contribution in [3.8, 4) is 10.6 Å². The Kier molecular flexibility index (Phi) is 3.26. The van der Waals surface area contributed by atoms with Crippen LogP contribution in [0.5, 0.6) is 0 Å². The van der Waals surface area contributed by atoms with Crippen LogP contribution in [0.3, 0.4) is 0 Å². The molecule has 0 unspecified atom stereocenters. The molecule has 0 saturated heterocycles. The normalized spacial score (nSPS) is 13.5. The summed E-state index contributed by atoms with van der Waals surface area (Å²) in [5, 5.41) is 2.33. The van der Waals surface area contributed by atoms with Crippen molar-refractivity contribution in [1.82, 2.24) is 9.56 Å². The molecule has 3 rings (SSSR count). The topological polar surface area (TPSA) is 18.9 Å². The summed E-state index contributed by atoms with van der Waals surface area (Å²) < 4.78 is 5.55. The van der Waals surface area contributed by atoms with Gasteiger partial charge in [0.25, 0.3) is 0 Å². The minimum absolute atomic E-state index is 0.959. The molecule has 1 heterocycles. The minimum atomic E-state index is 0.959. The van der Waals surface area contributed by atoms with Crippen molar-refractivity contribution in [3.05, 3.63) is 33.4 Å². The number of hydrogen-bond donors (Lipinski definition) is 0. The van der Waals surface area contributed by atoms with Gasteiger partial charge in [0.15, 0.2) is 5.71 Å². The summed E-state index contributed by atoms with van der Waals surface area (Å²) in [5.74, 6) is 0. The van der Waals surface area contributed by atoms with Gasteiger partial charge in [-0.05, 0) is 12.1 Å². The van der Waals surface area contributed by atoms with Crippen molar-refractivity contribution in [2.45, 2.75) is 6.42 Å². The molecule has 0 bridgehead atoms. The molecule has 102 valence electrons. The van der Waals surface area contributed by atoms with Gasteiger partial charge in [-0.3, -0.25) is 0 Å². The molecule has 1 aliphatic heterocycles. The van der Waals surface area contributed by atoms with Gasteiger partial charge in [0.05, 0.1) is 26.9 Å². The lowest BCUT2D eigenvalue weighted by atomic mass is 10.1. The molecule has 0 amide bonds. The highest BCUT2D eigenvalue weighted by Crippen LogP contribution is 2.17. The maximum absolute atomic E-state index is 4.78. The highest BCUT2D eigenvalue weighted by molar-refractivity contribution is 7.13. The summed E-state index contributed by atoms with van der Waals surface area (Å²) in [6, 6.07) is 6.45. The predicted molar refractivity (Wildman–Crippen MR) is 85.8 cm³/mol. The number of benzene rings is 1. The number of fused-ring (bicyclic) bond motifs is 2. The zero-order chi connectivity index (χ0) is 14.3. The third-order valence-electron chi connectivity index (χ3n) is 3.55. The third-order valence-corrected chi connectivity index (χ3v) is 4.64. The first-order valence-corrected chi connectivity index (χ1v) is 7.52. The van der Waals surface area contributed by atoms with Crippen LogP contribution >= 0.6 is 11.3 Å². The average molecular weight is 285 g/mol. The lowest BCUT2D eigenvalue weighted by molar-refractivity contribution is -0.463. The van der Waals surface area contributed by atoms with Gasteiger partial charge in [-0.25, -0.2) is 14.1 Å². The summed E-state index contributed by atoms with van der Waals surface area (Å²) in [5.41, 5.74) is 2.41. The smallest absolute Gasteiger partial charge is 0.201 e. The third kappa shape index (κ3) is 2.31. The molecule has 0 N–H and O–H groups in total. The molecule has 3 nitrogen and oxygen atoms in total. The van der Waals surface area contributed by atoms with Crippen molar-refractivity contribution in [2.24, 2.45) is 0 Å². The fraction of sp³-hybridized carbons (Fsp3) is 0.312. The Bertz CT molecular complexity index is 863. The largest absolute Gasteiger partial charge is 0.246 e. The fourth-order valence-corrected chi connectivity index (χ4v) is 3.35. The molecule has 2 aliphatic carbocycles. The number of hydrogen-bond acceptors (Lipinski definition) is 2. The van der Waals surface area contributed by atoms with Crippen molar-refractivity contribution in [2.75, 3.05) is 28.2 Å². The monoisotopic (exact) mass is 285 g/mol. The van der Waals surface area contributed by atoms with E-state index in [1.807, 2.05) is 11.3 Å². The molecular weight excluding hydrogens is 266 g/mol. The van der Waals surface area contributed by atoms with Crippen LogP contribution in [-0.4, -0.2) is 43.5 Å². The molecule has 0 aromatic rings. The van der Waals surface area contributed by atoms with Gasteiger partial charge < -0.3 is 0 Å². The van der Waals surface area contributed by atoms with Gasteiger partial charge in [0, 0.05) is 18.2 Å². The SMILES string of the molecule is C[N+](C)=C1C=c2sc3cc(=[N+](C)C)ccc-3nc2=CC1. The Morgan fingerprint density at radius 2 is 1.90 bits per heavy atom. The second-order valence-electron chi connectivity index (χ2n) is 5.45. The molecule has 0 saturated carbocycles. The first-order chi connectivity index (χ1) is 9.54. The molecule has 20 heavy (non-hydrogen) atoms. The first kappa shape index (κ1) is 13.2. The van der Waals surface area contributed by atoms with Gasteiger partial charge in [-0.15, -0.1) is 11.3 Å². The number of aromatic nitrogens is 1. The van der Waals surface area contributed by atoms with E-state index in [0.717, 1.165) is 17.5 Å². The second kappa shape index (κ2) is 4.94. The van der Waals surface area contributed by atoms with E-state index in [1.54, 1.807) is 0 Å². The van der Waals surface area contributed by atoms with Crippen molar-refractivity contribution in [3.63, 3.8) is 0 Å².